The Morgan fingerprint density at radius 2 is 2.14 bits per heavy atom. The molecule has 0 spiro atoms. The quantitative estimate of drug-likeness (QED) is 0.924. The molecule has 1 aromatic carbocycles. The van der Waals surface area contributed by atoms with Crippen molar-refractivity contribution in [2.24, 2.45) is 17.8 Å². The smallest absolute Gasteiger partial charge is 0.241 e. The topological polar surface area (TPSA) is 32.3 Å². The molecule has 4 atom stereocenters. The predicted octanol–water partition coefficient (Wildman–Crippen LogP) is 2.94. The van der Waals surface area contributed by atoms with E-state index in [1.165, 1.54) is 18.6 Å². The summed E-state index contributed by atoms with van der Waals surface area (Å²) in [6.07, 6.45) is 0.986. The lowest BCUT2D eigenvalue weighted by Gasteiger charge is -2.24. The van der Waals surface area contributed by atoms with Gasteiger partial charge >= 0.3 is 0 Å². The van der Waals surface area contributed by atoms with Crippen LogP contribution in [0.5, 0.6) is 0 Å². The van der Waals surface area contributed by atoms with Crippen LogP contribution >= 0.6 is 0 Å². The first-order valence-corrected chi connectivity index (χ1v) is 7.79. The van der Waals surface area contributed by atoms with Crippen LogP contribution in [-0.4, -0.2) is 23.4 Å². The minimum absolute atomic E-state index is 0.151. The maximum atomic E-state index is 13.5. The predicted molar refractivity (Wildman–Crippen MR) is 79.9 cm³/mol. The normalized spacial score (nSPS) is 32.0. The summed E-state index contributed by atoms with van der Waals surface area (Å²) in [7, 11) is 0. The summed E-state index contributed by atoms with van der Waals surface area (Å²) < 4.78 is 13.5. The van der Waals surface area contributed by atoms with Gasteiger partial charge in [-0.2, -0.15) is 0 Å². The van der Waals surface area contributed by atoms with Gasteiger partial charge in [0.25, 0.3) is 0 Å². The summed E-state index contributed by atoms with van der Waals surface area (Å²) in [6, 6.07) is 6.38. The SMILES string of the molecule is CC(C)C1NC(c2cccc(F)c2)N(CC2CC2C)C1=O. The highest BCUT2D eigenvalue weighted by atomic mass is 19.1. The Morgan fingerprint density at radius 1 is 1.43 bits per heavy atom. The molecule has 114 valence electrons. The first-order chi connectivity index (χ1) is 9.97. The fourth-order valence-electron chi connectivity index (χ4n) is 3.17. The van der Waals surface area contributed by atoms with Crippen molar-refractivity contribution >= 4 is 5.91 Å². The van der Waals surface area contributed by atoms with Gasteiger partial charge in [0.15, 0.2) is 0 Å². The van der Waals surface area contributed by atoms with Gasteiger partial charge in [0.05, 0.1) is 6.04 Å². The third-order valence-corrected chi connectivity index (χ3v) is 4.74. The van der Waals surface area contributed by atoms with E-state index < -0.39 is 0 Å². The van der Waals surface area contributed by atoms with Gasteiger partial charge in [0.2, 0.25) is 5.91 Å². The number of halogens is 1. The maximum absolute atomic E-state index is 13.5. The second-order valence-electron chi connectivity index (χ2n) is 6.81. The van der Waals surface area contributed by atoms with Gasteiger partial charge in [0, 0.05) is 6.54 Å². The molecule has 0 aromatic heterocycles. The van der Waals surface area contributed by atoms with Gasteiger partial charge in [-0.1, -0.05) is 32.9 Å². The highest BCUT2D eigenvalue weighted by molar-refractivity contribution is 5.85. The maximum Gasteiger partial charge on any atom is 0.241 e. The Labute approximate surface area is 125 Å². The number of nitrogens with zero attached hydrogens (tertiary/aromatic N) is 1. The molecule has 1 saturated carbocycles. The van der Waals surface area contributed by atoms with Gasteiger partial charge in [-0.3, -0.25) is 10.1 Å². The first-order valence-electron chi connectivity index (χ1n) is 7.79. The van der Waals surface area contributed by atoms with Crippen LogP contribution < -0.4 is 5.32 Å². The number of carbonyl (C=O) groups is 1. The fourth-order valence-corrected chi connectivity index (χ4v) is 3.17. The minimum Gasteiger partial charge on any atom is -0.321 e. The van der Waals surface area contributed by atoms with Gasteiger partial charge in [-0.25, -0.2) is 4.39 Å². The molecule has 0 bridgehead atoms. The second-order valence-corrected chi connectivity index (χ2v) is 6.81. The molecule has 0 radical (unpaired) electrons. The van der Waals surface area contributed by atoms with Crippen molar-refractivity contribution in [2.45, 2.75) is 39.4 Å². The molecule has 2 aliphatic rings. The Morgan fingerprint density at radius 3 is 2.71 bits per heavy atom. The van der Waals surface area contributed by atoms with Crippen molar-refractivity contribution < 1.29 is 9.18 Å². The standard InChI is InChI=1S/C17H23FN2O/c1-10(2)15-17(21)20(9-13-7-11(13)3)16(19-15)12-5-4-6-14(18)8-12/h4-6,8,10-11,13,15-16,19H,7,9H2,1-3H3. The zero-order chi connectivity index (χ0) is 15.1. The Hall–Kier alpha value is -1.42. The van der Waals surface area contributed by atoms with Crippen LogP contribution in [0, 0.1) is 23.6 Å². The van der Waals surface area contributed by atoms with Crippen molar-refractivity contribution in [1.29, 1.82) is 0 Å². The van der Waals surface area contributed by atoms with Crippen molar-refractivity contribution in [3.63, 3.8) is 0 Å². The molecule has 1 amide bonds. The first kappa shape index (κ1) is 14.5. The van der Waals surface area contributed by atoms with E-state index in [1.807, 2.05) is 24.8 Å². The van der Waals surface area contributed by atoms with E-state index >= 15 is 0 Å². The summed E-state index contributed by atoms with van der Waals surface area (Å²) in [5.41, 5.74) is 0.833. The van der Waals surface area contributed by atoms with Crippen LogP contribution in [0.2, 0.25) is 0 Å². The number of amides is 1. The number of benzene rings is 1. The Kier molecular flexibility index (Phi) is 3.74. The van der Waals surface area contributed by atoms with E-state index in [-0.39, 0.29) is 29.8 Å². The molecule has 1 heterocycles. The van der Waals surface area contributed by atoms with E-state index in [1.54, 1.807) is 6.07 Å². The largest absolute Gasteiger partial charge is 0.321 e. The van der Waals surface area contributed by atoms with Crippen LogP contribution in [0.1, 0.15) is 38.9 Å². The van der Waals surface area contributed by atoms with Crippen molar-refractivity contribution in [3.05, 3.63) is 35.6 Å². The third-order valence-electron chi connectivity index (χ3n) is 4.74. The fraction of sp³-hybridized carbons (Fsp3) is 0.588. The van der Waals surface area contributed by atoms with Gasteiger partial charge < -0.3 is 4.90 Å². The zero-order valence-electron chi connectivity index (χ0n) is 12.8. The average Bonchev–Trinajstić information content (AvgIpc) is 3.01. The molecular weight excluding hydrogens is 267 g/mol. The van der Waals surface area contributed by atoms with Crippen LogP contribution in [-0.2, 0) is 4.79 Å². The molecule has 1 saturated heterocycles. The average molecular weight is 290 g/mol. The zero-order valence-corrected chi connectivity index (χ0v) is 12.8. The lowest BCUT2D eigenvalue weighted by Crippen LogP contribution is -2.35. The molecule has 21 heavy (non-hydrogen) atoms. The summed E-state index contributed by atoms with van der Waals surface area (Å²) in [4.78, 5) is 14.6. The number of rotatable bonds is 4. The van der Waals surface area contributed by atoms with Crippen LogP contribution in [0.15, 0.2) is 24.3 Å². The van der Waals surface area contributed by atoms with Gasteiger partial charge in [-0.05, 0) is 41.9 Å². The highest BCUT2D eigenvalue weighted by Gasteiger charge is 2.44. The van der Waals surface area contributed by atoms with E-state index in [2.05, 4.69) is 12.2 Å². The van der Waals surface area contributed by atoms with E-state index in [4.69, 9.17) is 0 Å². The lowest BCUT2D eigenvalue weighted by atomic mass is 10.0. The van der Waals surface area contributed by atoms with Gasteiger partial charge in [0.1, 0.15) is 12.0 Å². The van der Waals surface area contributed by atoms with E-state index in [0.717, 1.165) is 12.1 Å². The second kappa shape index (κ2) is 5.41. The highest BCUT2D eigenvalue weighted by Crippen LogP contribution is 2.41. The molecule has 1 aliphatic carbocycles. The van der Waals surface area contributed by atoms with E-state index in [0.29, 0.717) is 11.8 Å². The third kappa shape index (κ3) is 2.82. The summed E-state index contributed by atoms with van der Waals surface area (Å²) in [5.74, 6) is 1.42. The van der Waals surface area contributed by atoms with Crippen LogP contribution in [0.25, 0.3) is 0 Å². The lowest BCUT2D eigenvalue weighted by molar-refractivity contribution is -0.131. The molecular formula is C17H23FN2O. The number of hydrogen-bond donors (Lipinski definition) is 1. The number of hydrogen-bond acceptors (Lipinski definition) is 2. The molecule has 4 heteroatoms. The monoisotopic (exact) mass is 290 g/mol. The molecule has 1 aromatic rings. The molecule has 3 nitrogen and oxygen atoms in total. The molecule has 3 rings (SSSR count). The van der Waals surface area contributed by atoms with Crippen molar-refractivity contribution in [2.75, 3.05) is 6.54 Å². The Bertz CT molecular complexity index is 545. The summed E-state index contributed by atoms with van der Waals surface area (Å²) in [6.45, 7) is 7.08. The summed E-state index contributed by atoms with van der Waals surface area (Å²) in [5, 5.41) is 3.39. The minimum atomic E-state index is -0.255. The molecule has 1 N–H and O–H groups in total. The molecule has 4 unspecified atom stereocenters. The Balaban J connectivity index is 1.86. The van der Waals surface area contributed by atoms with E-state index in [9.17, 15) is 9.18 Å². The van der Waals surface area contributed by atoms with Crippen molar-refractivity contribution in [3.8, 4) is 0 Å². The molecule has 2 fully saturated rings. The number of nitrogens with one attached hydrogen (secondary N) is 1. The molecule has 1 aliphatic heterocycles. The summed E-state index contributed by atoms with van der Waals surface area (Å²) >= 11 is 0. The van der Waals surface area contributed by atoms with Crippen LogP contribution in [0.3, 0.4) is 0 Å². The van der Waals surface area contributed by atoms with Gasteiger partial charge in [-0.15, -0.1) is 0 Å². The van der Waals surface area contributed by atoms with Crippen molar-refractivity contribution in [1.82, 2.24) is 10.2 Å². The van der Waals surface area contributed by atoms with Crippen LogP contribution in [0.4, 0.5) is 4.39 Å². The number of carbonyl (C=O) groups excluding carboxylic acids is 1.